The van der Waals surface area contributed by atoms with Crippen LogP contribution in [0.5, 0.6) is 0 Å². The van der Waals surface area contributed by atoms with Gasteiger partial charge in [-0.05, 0) is 42.3 Å². The normalized spacial score (nSPS) is 21.4. The van der Waals surface area contributed by atoms with Crippen LogP contribution in [0.15, 0.2) is 48.5 Å². The van der Waals surface area contributed by atoms with Crippen LogP contribution in [-0.2, 0) is 27.8 Å². The molecule has 0 aromatic heterocycles. The predicted molar refractivity (Wildman–Crippen MR) is 117 cm³/mol. The highest BCUT2D eigenvalue weighted by Gasteiger charge is 2.49. The van der Waals surface area contributed by atoms with Gasteiger partial charge < -0.3 is 10.2 Å². The molecule has 0 bridgehead atoms. The average Bonchev–Trinajstić information content (AvgIpc) is 3.03. The number of imide groups is 1. The smallest absolute Gasteiger partial charge is 0.339 e. The summed E-state index contributed by atoms with van der Waals surface area (Å²) in [6.45, 7) is 3.26. The van der Waals surface area contributed by atoms with Crippen LogP contribution < -0.4 is 5.32 Å². The third kappa shape index (κ3) is 5.14. The molecule has 2 aromatic carbocycles. The van der Waals surface area contributed by atoms with Crippen molar-refractivity contribution in [2.24, 2.45) is 0 Å². The highest BCUT2D eigenvalue weighted by molar-refractivity contribution is 6.09. The fraction of sp³-hybridized carbons (Fsp3) is 0.375. The molecule has 0 spiro atoms. The monoisotopic (exact) mass is 492 g/mol. The molecule has 7 nitrogen and oxygen atoms in total. The Morgan fingerprint density at radius 1 is 0.971 bits per heavy atom. The number of halogens is 4. The lowest BCUT2D eigenvalue weighted by Gasteiger charge is -2.35. The Morgan fingerprint density at radius 2 is 1.57 bits per heavy atom. The van der Waals surface area contributed by atoms with Crippen molar-refractivity contribution >= 4 is 17.8 Å². The maximum absolute atomic E-state index is 13.3. The minimum absolute atomic E-state index is 0.359. The molecule has 1 unspecified atom stereocenters. The molecule has 186 valence electrons. The van der Waals surface area contributed by atoms with Crippen molar-refractivity contribution in [2.75, 3.05) is 32.7 Å². The first-order chi connectivity index (χ1) is 16.5. The maximum Gasteiger partial charge on any atom is 0.416 e. The maximum atomic E-state index is 13.3. The first-order valence-corrected chi connectivity index (χ1v) is 11.0. The summed E-state index contributed by atoms with van der Waals surface area (Å²) in [6.07, 6.45) is -4.38. The van der Waals surface area contributed by atoms with Gasteiger partial charge in [0.25, 0.3) is 5.91 Å². The van der Waals surface area contributed by atoms with Gasteiger partial charge >= 0.3 is 12.2 Å². The van der Waals surface area contributed by atoms with E-state index in [1.54, 1.807) is 4.90 Å². The van der Waals surface area contributed by atoms with Gasteiger partial charge in [-0.3, -0.25) is 19.4 Å². The van der Waals surface area contributed by atoms with Gasteiger partial charge in [-0.1, -0.05) is 24.3 Å². The molecule has 2 heterocycles. The molecule has 2 aromatic rings. The van der Waals surface area contributed by atoms with Gasteiger partial charge in [0.2, 0.25) is 5.91 Å². The number of piperazine rings is 1. The van der Waals surface area contributed by atoms with Crippen LogP contribution in [0, 0.1) is 5.82 Å². The summed E-state index contributed by atoms with van der Waals surface area (Å²) in [6, 6.07) is 9.49. The second-order valence-electron chi connectivity index (χ2n) is 8.80. The number of hydrogen-bond acceptors (Lipinski definition) is 4. The Balaban J connectivity index is 1.31. The quantitative estimate of drug-likeness (QED) is 0.515. The van der Waals surface area contributed by atoms with Crippen LogP contribution in [0.3, 0.4) is 0 Å². The van der Waals surface area contributed by atoms with Gasteiger partial charge in [-0.2, -0.15) is 13.2 Å². The number of amides is 4. The molecule has 2 saturated heterocycles. The van der Waals surface area contributed by atoms with E-state index in [9.17, 15) is 31.9 Å². The van der Waals surface area contributed by atoms with Crippen molar-refractivity contribution in [2.45, 2.75) is 25.2 Å². The zero-order chi connectivity index (χ0) is 25.4. The largest absolute Gasteiger partial charge is 0.416 e. The van der Waals surface area contributed by atoms with Crippen molar-refractivity contribution in [1.29, 1.82) is 0 Å². The summed E-state index contributed by atoms with van der Waals surface area (Å²) < 4.78 is 51.4. The van der Waals surface area contributed by atoms with Gasteiger partial charge in [0.1, 0.15) is 17.9 Å². The second kappa shape index (κ2) is 9.29. The summed E-state index contributed by atoms with van der Waals surface area (Å²) in [5.74, 6) is -1.45. The third-order valence-corrected chi connectivity index (χ3v) is 6.40. The fourth-order valence-corrected chi connectivity index (χ4v) is 4.27. The fourth-order valence-electron chi connectivity index (χ4n) is 4.27. The van der Waals surface area contributed by atoms with Gasteiger partial charge in [0.05, 0.1) is 5.56 Å². The van der Waals surface area contributed by atoms with E-state index < -0.39 is 41.6 Å². The number of carbonyl (C=O) groups is 3. The minimum atomic E-state index is -4.38. The van der Waals surface area contributed by atoms with E-state index in [0.717, 1.165) is 22.6 Å². The minimum Gasteiger partial charge on any atom is -0.339 e. The van der Waals surface area contributed by atoms with Crippen LogP contribution in [0.2, 0.25) is 0 Å². The Kier molecular flexibility index (Phi) is 6.54. The highest BCUT2D eigenvalue weighted by atomic mass is 19.4. The highest BCUT2D eigenvalue weighted by Crippen LogP contribution is 2.30. The molecule has 4 rings (SSSR count). The zero-order valence-electron chi connectivity index (χ0n) is 18.9. The number of alkyl halides is 3. The van der Waals surface area contributed by atoms with Crippen molar-refractivity contribution in [1.82, 2.24) is 20.0 Å². The van der Waals surface area contributed by atoms with E-state index in [4.69, 9.17) is 0 Å². The van der Waals surface area contributed by atoms with Crippen LogP contribution in [0.4, 0.5) is 22.4 Å². The molecule has 1 atom stereocenters. The number of urea groups is 1. The number of carbonyl (C=O) groups excluding carboxylic acids is 3. The van der Waals surface area contributed by atoms with E-state index in [1.165, 1.54) is 43.3 Å². The SMILES string of the molecule is CC1(c2ccc(F)cc2)NC(=O)N(CC(=O)N2CCN(Cc3ccc(C(F)(F)F)cc3)CC2)C1=O. The number of hydrogen-bond donors (Lipinski definition) is 1. The number of nitrogens with zero attached hydrogens (tertiary/aromatic N) is 3. The van der Waals surface area contributed by atoms with Crippen LogP contribution >= 0.6 is 0 Å². The van der Waals surface area contributed by atoms with E-state index in [0.29, 0.717) is 38.3 Å². The summed E-state index contributed by atoms with van der Waals surface area (Å²) in [7, 11) is 0. The Labute approximate surface area is 199 Å². The predicted octanol–water partition coefficient (Wildman–Crippen LogP) is 2.96. The van der Waals surface area contributed by atoms with Crippen molar-refractivity contribution in [3.05, 3.63) is 71.0 Å². The molecular formula is C24H24F4N4O3. The zero-order valence-corrected chi connectivity index (χ0v) is 18.9. The van der Waals surface area contributed by atoms with Gasteiger partial charge in [-0.15, -0.1) is 0 Å². The lowest BCUT2D eigenvalue weighted by atomic mass is 9.92. The standard InChI is InChI=1S/C24H24F4N4O3/c1-23(17-6-8-19(25)9-7-17)21(34)32(22(35)29-23)15-20(33)31-12-10-30(11-13-31)14-16-2-4-18(5-3-16)24(26,27)28/h2-9H,10-15H2,1H3,(H,29,35). The first-order valence-electron chi connectivity index (χ1n) is 11.0. The summed E-state index contributed by atoms with van der Waals surface area (Å²) >= 11 is 0. The summed E-state index contributed by atoms with van der Waals surface area (Å²) in [5.41, 5.74) is -0.959. The van der Waals surface area contributed by atoms with E-state index in [1.807, 2.05) is 4.90 Å². The van der Waals surface area contributed by atoms with E-state index in [-0.39, 0.29) is 5.91 Å². The van der Waals surface area contributed by atoms with Crippen LogP contribution in [0.1, 0.15) is 23.6 Å². The molecule has 11 heteroatoms. The topological polar surface area (TPSA) is 73.0 Å². The molecule has 0 radical (unpaired) electrons. The molecule has 4 amide bonds. The number of rotatable bonds is 5. The molecule has 2 aliphatic rings. The molecule has 2 fully saturated rings. The first kappa shape index (κ1) is 24.6. The summed E-state index contributed by atoms with van der Waals surface area (Å²) in [5, 5.41) is 2.59. The molecule has 1 N–H and O–H groups in total. The van der Waals surface area contributed by atoms with Crippen molar-refractivity contribution in [3.8, 4) is 0 Å². The number of nitrogens with one attached hydrogen (secondary N) is 1. The van der Waals surface area contributed by atoms with Gasteiger partial charge in [-0.25, -0.2) is 9.18 Å². The third-order valence-electron chi connectivity index (χ3n) is 6.40. The van der Waals surface area contributed by atoms with E-state index >= 15 is 0 Å². The van der Waals surface area contributed by atoms with Crippen LogP contribution in [0.25, 0.3) is 0 Å². The summed E-state index contributed by atoms with van der Waals surface area (Å²) in [4.78, 5) is 42.7. The molecule has 0 aliphatic carbocycles. The Morgan fingerprint density at radius 3 is 2.14 bits per heavy atom. The van der Waals surface area contributed by atoms with E-state index in [2.05, 4.69) is 5.32 Å². The lowest BCUT2D eigenvalue weighted by Crippen LogP contribution is -2.51. The van der Waals surface area contributed by atoms with Gasteiger partial charge in [0, 0.05) is 32.7 Å². The van der Waals surface area contributed by atoms with Gasteiger partial charge in [0.15, 0.2) is 0 Å². The Bertz CT molecular complexity index is 1110. The molecule has 2 aliphatic heterocycles. The average molecular weight is 492 g/mol. The molecule has 0 saturated carbocycles. The van der Waals surface area contributed by atoms with Crippen molar-refractivity contribution in [3.63, 3.8) is 0 Å². The molecule has 35 heavy (non-hydrogen) atoms. The Hall–Kier alpha value is -3.47. The lowest BCUT2D eigenvalue weighted by molar-refractivity contribution is -0.139. The van der Waals surface area contributed by atoms with Crippen molar-refractivity contribution < 1.29 is 31.9 Å². The molecular weight excluding hydrogens is 468 g/mol. The second-order valence-corrected chi connectivity index (χ2v) is 8.80. The number of benzene rings is 2. The van der Waals surface area contributed by atoms with Crippen LogP contribution in [-0.4, -0.2) is 65.3 Å².